The molecule has 0 spiro atoms. The zero-order chi connectivity index (χ0) is 19.1. The fourth-order valence-corrected chi connectivity index (χ4v) is 3.05. The van der Waals surface area contributed by atoms with Crippen molar-refractivity contribution in [3.63, 3.8) is 0 Å². The molecule has 1 saturated heterocycles. The lowest BCUT2D eigenvalue weighted by Crippen LogP contribution is -2.50. The number of anilines is 1. The number of carbonyl (C=O) groups is 2. The Balaban J connectivity index is 1.52. The second-order valence-electron chi connectivity index (χ2n) is 6.52. The SMILES string of the molecule is Cc1ccncc1NC(=O)CC1COCCN1C(=O)CCCn1cncn1. The lowest BCUT2D eigenvalue weighted by atomic mass is 10.1. The molecule has 27 heavy (non-hydrogen) atoms. The van der Waals surface area contributed by atoms with Crippen molar-refractivity contribution in [1.29, 1.82) is 0 Å². The van der Waals surface area contributed by atoms with Crippen LogP contribution in [0.2, 0.25) is 0 Å². The molecule has 1 atom stereocenters. The van der Waals surface area contributed by atoms with Gasteiger partial charge in [0, 0.05) is 32.1 Å². The third-order valence-electron chi connectivity index (χ3n) is 4.53. The molecule has 1 unspecified atom stereocenters. The number of aryl methyl sites for hydroxylation is 2. The van der Waals surface area contributed by atoms with E-state index in [9.17, 15) is 9.59 Å². The Labute approximate surface area is 157 Å². The van der Waals surface area contributed by atoms with Crippen molar-refractivity contribution in [2.24, 2.45) is 0 Å². The summed E-state index contributed by atoms with van der Waals surface area (Å²) in [7, 11) is 0. The van der Waals surface area contributed by atoms with E-state index in [1.165, 1.54) is 6.33 Å². The van der Waals surface area contributed by atoms with Crippen molar-refractivity contribution >= 4 is 17.5 Å². The van der Waals surface area contributed by atoms with Crippen LogP contribution in [-0.2, 0) is 20.9 Å². The molecule has 2 amide bonds. The van der Waals surface area contributed by atoms with Gasteiger partial charge in [-0.3, -0.25) is 19.3 Å². The number of morpholine rings is 1. The number of ether oxygens (including phenoxy) is 1. The highest BCUT2D eigenvalue weighted by Crippen LogP contribution is 2.16. The molecule has 1 N–H and O–H groups in total. The topological polar surface area (TPSA) is 102 Å². The number of amides is 2. The zero-order valence-corrected chi connectivity index (χ0v) is 15.4. The molecule has 9 nitrogen and oxygen atoms in total. The largest absolute Gasteiger partial charge is 0.377 e. The summed E-state index contributed by atoms with van der Waals surface area (Å²) in [5, 5.41) is 6.89. The van der Waals surface area contributed by atoms with Crippen LogP contribution in [0.1, 0.15) is 24.8 Å². The first-order valence-electron chi connectivity index (χ1n) is 9.03. The molecule has 9 heteroatoms. The van der Waals surface area contributed by atoms with E-state index >= 15 is 0 Å². The van der Waals surface area contributed by atoms with Gasteiger partial charge in [-0.15, -0.1) is 0 Å². The summed E-state index contributed by atoms with van der Waals surface area (Å²) in [6.07, 6.45) is 7.68. The van der Waals surface area contributed by atoms with Gasteiger partial charge in [-0.2, -0.15) is 5.10 Å². The Morgan fingerprint density at radius 1 is 1.37 bits per heavy atom. The minimum absolute atomic E-state index is 0.0359. The van der Waals surface area contributed by atoms with Crippen LogP contribution in [0.15, 0.2) is 31.1 Å². The molecule has 3 heterocycles. The van der Waals surface area contributed by atoms with Gasteiger partial charge in [-0.25, -0.2) is 4.98 Å². The Morgan fingerprint density at radius 3 is 3.04 bits per heavy atom. The Hall–Kier alpha value is -2.81. The summed E-state index contributed by atoms with van der Waals surface area (Å²) in [5.74, 6) is -0.115. The predicted octanol–water partition coefficient (Wildman–Crippen LogP) is 1.02. The van der Waals surface area contributed by atoms with E-state index in [-0.39, 0.29) is 24.3 Å². The van der Waals surface area contributed by atoms with Gasteiger partial charge in [0.2, 0.25) is 11.8 Å². The minimum Gasteiger partial charge on any atom is -0.377 e. The van der Waals surface area contributed by atoms with Crippen molar-refractivity contribution in [3.8, 4) is 0 Å². The molecule has 144 valence electrons. The normalized spacial score (nSPS) is 16.9. The molecule has 1 fully saturated rings. The molecule has 0 bridgehead atoms. The minimum atomic E-state index is -0.255. The van der Waals surface area contributed by atoms with E-state index in [2.05, 4.69) is 20.4 Å². The first-order valence-corrected chi connectivity index (χ1v) is 9.03. The number of aromatic nitrogens is 4. The summed E-state index contributed by atoms with van der Waals surface area (Å²) < 4.78 is 7.19. The average Bonchev–Trinajstić information content (AvgIpc) is 3.17. The first kappa shape index (κ1) is 19.0. The Bertz CT molecular complexity index is 764. The van der Waals surface area contributed by atoms with Gasteiger partial charge < -0.3 is 15.0 Å². The molecule has 2 aromatic heterocycles. The van der Waals surface area contributed by atoms with Crippen molar-refractivity contribution in [1.82, 2.24) is 24.6 Å². The van der Waals surface area contributed by atoms with Crippen molar-refractivity contribution in [2.45, 2.75) is 38.8 Å². The number of carbonyl (C=O) groups excluding carboxylic acids is 2. The van der Waals surface area contributed by atoms with Gasteiger partial charge in [0.15, 0.2) is 0 Å². The third-order valence-corrected chi connectivity index (χ3v) is 4.53. The maximum Gasteiger partial charge on any atom is 0.226 e. The molecule has 0 aliphatic carbocycles. The number of nitrogens with zero attached hydrogens (tertiary/aromatic N) is 5. The highest BCUT2D eigenvalue weighted by molar-refractivity contribution is 5.92. The van der Waals surface area contributed by atoms with Gasteiger partial charge in [-0.1, -0.05) is 0 Å². The van der Waals surface area contributed by atoms with Crippen LogP contribution in [0.4, 0.5) is 5.69 Å². The monoisotopic (exact) mass is 372 g/mol. The fourth-order valence-electron chi connectivity index (χ4n) is 3.05. The van der Waals surface area contributed by atoms with Crippen molar-refractivity contribution < 1.29 is 14.3 Å². The molecule has 0 aromatic carbocycles. The molecule has 2 aromatic rings. The van der Waals surface area contributed by atoms with Gasteiger partial charge in [0.1, 0.15) is 12.7 Å². The number of nitrogens with one attached hydrogen (secondary N) is 1. The standard InChI is InChI=1S/C18H24N6O3/c1-14-4-5-19-10-16(14)22-17(25)9-15-11-27-8-7-24(15)18(26)3-2-6-23-13-20-12-21-23/h4-5,10,12-13,15H,2-3,6-9,11H2,1H3,(H,22,25). The molecule has 0 saturated carbocycles. The molecule has 1 aliphatic heterocycles. The predicted molar refractivity (Wildman–Crippen MR) is 97.8 cm³/mol. The van der Waals surface area contributed by atoms with Crippen LogP contribution in [0.25, 0.3) is 0 Å². The maximum atomic E-state index is 12.6. The Kier molecular flexibility index (Phi) is 6.48. The summed E-state index contributed by atoms with van der Waals surface area (Å²) in [6.45, 7) is 3.92. The zero-order valence-electron chi connectivity index (χ0n) is 15.4. The quantitative estimate of drug-likeness (QED) is 0.778. The number of hydrogen-bond acceptors (Lipinski definition) is 6. The second kappa shape index (κ2) is 9.22. The first-order chi connectivity index (χ1) is 13.1. The highest BCUT2D eigenvalue weighted by Gasteiger charge is 2.29. The lowest BCUT2D eigenvalue weighted by Gasteiger charge is -2.35. The lowest BCUT2D eigenvalue weighted by molar-refractivity contribution is -0.141. The second-order valence-corrected chi connectivity index (χ2v) is 6.52. The van der Waals surface area contributed by atoms with E-state index < -0.39 is 0 Å². The molecular formula is C18H24N6O3. The van der Waals surface area contributed by atoms with Crippen LogP contribution in [0.3, 0.4) is 0 Å². The van der Waals surface area contributed by atoms with Gasteiger partial charge >= 0.3 is 0 Å². The smallest absolute Gasteiger partial charge is 0.226 e. The molecule has 0 radical (unpaired) electrons. The van der Waals surface area contributed by atoms with E-state index in [1.54, 1.807) is 28.3 Å². The van der Waals surface area contributed by atoms with Crippen molar-refractivity contribution in [3.05, 3.63) is 36.7 Å². The maximum absolute atomic E-state index is 12.6. The summed E-state index contributed by atoms with van der Waals surface area (Å²) in [4.78, 5) is 34.7. The van der Waals surface area contributed by atoms with E-state index in [0.29, 0.717) is 44.8 Å². The van der Waals surface area contributed by atoms with Gasteiger partial charge in [-0.05, 0) is 25.0 Å². The molecule has 1 aliphatic rings. The third kappa shape index (κ3) is 5.33. The van der Waals surface area contributed by atoms with Gasteiger partial charge in [0.25, 0.3) is 0 Å². The summed E-state index contributed by atoms with van der Waals surface area (Å²) in [6, 6.07) is 1.58. The molecule has 3 rings (SSSR count). The van der Waals surface area contributed by atoms with Crippen LogP contribution in [0, 0.1) is 6.92 Å². The Morgan fingerprint density at radius 2 is 2.26 bits per heavy atom. The van der Waals surface area contributed by atoms with E-state index in [1.807, 2.05) is 13.0 Å². The highest BCUT2D eigenvalue weighted by atomic mass is 16.5. The van der Waals surface area contributed by atoms with Crippen LogP contribution < -0.4 is 5.32 Å². The van der Waals surface area contributed by atoms with Gasteiger partial charge in [0.05, 0.1) is 31.1 Å². The van der Waals surface area contributed by atoms with E-state index in [0.717, 1.165) is 5.56 Å². The number of pyridine rings is 1. The summed E-state index contributed by atoms with van der Waals surface area (Å²) >= 11 is 0. The molecular weight excluding hydrogens is 348 g/mol. The van der Waals surface area contributed by atoms with Crippen molar-refractivity contribution in [2.75, 3.05) is 25.1 Å². The van der Waals surface area contributed by atoms with Crippen LogP contribution in [-0.4, -0.2) is 62.3 Å². The van der Waals surface area contributed by atoms with Crippen LogP contribution in [0.5, 0.6) is 0 Å². The average molecular weight is 372 g/mol. The van der Waals surface area contributed by atoms with E-state index in [4.69, 9.17) is 4.74 Å². The van der Waals surface area contributed by atoms with Crippen LogP contribution >= 0.6 is 0 Å². The summed E-state index contributed by atoms with van der Waals surface area (Å²) in [5.41, 5.74) is 1.63. The number of rotatable bonds is 7. The fraction of sp³-hybridized carbons (Fsp3) is 0.500. The number of hydrogen-bond donors (Lipinski definition) is 1.